The molecule has 138 valence electrons. The van der Waals surface area contributed by atoms with E-state index < -0.39 is 0 Å². The van der Waals surface area contributed by atoms with Gasteiger partial charge in [-0.25, -0.2) is 0 Å². The zero-order valence-corrected chi connectivity index (χ0v) is 15.3. The average molecular weight is 346 g/mol. The van der Waals surface area contributed by atoms with E-state index in [4.69, 9.17) is 9.47 Å². The average Bonchev–Trinajstić information content (AvgIpc) is 3.20. The van der Waals surface area contributed by atoms with Gasteiger partial charge in [0.2, 0.25) is 0 Å². The Labute approximate surface area is 150 Å². The van der Waals surface area contributed by atoms with Crippen LogP contribution in [0.1, 0.15) is 39.0 Å². The number of ether oxygens (including phenoxy) is 2. The molecule has 1 heterocycles. The molecule has 0 bridgehead atoms. The number of hydrogen-bond donors (Lipinski definition) is 0. The Bertz CT molecular complexity index is 532. The van der Waals surface area contributed by atoms with E-state index in [1.165, 1.54) is 25.7 Å². The lowest BCUT2D eigenvalue weighted by Crippen LogP contribution is -2.52. The summed E-state index contributed by atoms with van der Waals surface area (Å²) >= 11 is 0. The van der Waals surface area contributed by atoms with Crippen molar-refractivity contribution in [2.45, 2.75) is 45.1 Å². The van der Waals surface area contributed by atoms with Crippen LogP contribution in [0.5, 0.6) is 11.5 Å². The van der Waals surface area contributed by atoms with E-state index in [0.29, 0.717) is 12.4 Å². The maximum atomic E-state index is 12.4. The molecule has 3 rings (SSSR count). The number of carbonyl (C=O) groups excluding carboxylic acids is 1. The molecule has 0 radical (unpaired) electrons. The van der Waals surface area contributed by atoms with Crippen molar-refractivity contribution in [2.24, 2.45) is 0 Å². The second-order valence-corrected chi connectivity index (χ2v) is 6.96. The molecule has 1 aromatic rings. The summed E-state index contributed by atoms with van der Waals surface area (Å²) in [5.41, 5.74) is 0. The van der Waals surface area contributed by atoms with Gasteiger partial charge in [0.25, 0.3) is 5.91 Å². The van der Waals surface area contributed by atoms with Gasteiger partial charge in [-0.2, -0.15) is 0 Å². The van der Waals surface area contributed by atoms with Gasteiger partial charge in [0, 0.05) is 32.2 Å². The maximum absolute atomic E-state index is 12.4. The monoisotopic (exact) mass is 346 g/mol. The molecule has 0 unspecified atom stereocenters. The number of carbonyl (C=O) groups is 1. The Hall–Kier alpha value is -1.75. The van der Waals surface area contributed by atoms with E-state index in [1.54, 1.807) is 0 Å². The highest BCUT2D eigenvalue weighted by Gasteiger charge is 2.27. The first-order chi connectivity index (χ1) is 12.3. The fourth-order valence-corrected chi connectivity index (χ4v) is 3.69. The van der Waals surface area contributed by atoms with Crippen LogP contribution < -0.4 is 9.47 Å². The number of hydrogen-bond acceptors (Lipinski definition) is 4. The maximum Gasteiger partial charge on any atom is 0.260 e. The predicted molar refractivity (Wildman–Crippen MR) is 98.1 cm³/mol. The molecule has 0 N–H and O–H groups in total. The van der Waals surface area contributed by atoms with E-state index in [1.807, 2.05) is 29.2 Å². The molecule has 1 saturated carbocycles. The Kier molecular flexibility index (Phi) is 6.56. The molecular weight excluding hydrogens is 316 g/mol. The van der Waals surface area contributed by atoms with Gasteiger partial charge < -0.3 is 14.4 Å². The number of benzene rings is 1. The second kappa shape index (κ2) is 9.09. The minimum Gasteiger partial charge on any atom is -0.494 e. The van der Waals surface area contributed by atoms with Crippen molar-refractivity contribution in [1.29, 1.82) is 0 Å². The van der Waals surface area contributed by atoms with E-state index in [2.05, 4.69) is 11.8 Å². The van der Waals surface area contributed by atoms with Gasteiger partial charge in [-0.1, -0.05) is 19.8 Å². The summed E-state index contributed by atoms with van der Waals surface area (Å²) in [6.45, 7) is 6.55. The summed E-state index contributed by atoms with van der Waals surface area (Å²) in [5.74, 6) is 1.63. The molecule has 0 aromatic heterocycles. The van der Waals surface area contributed by atoms with Crippen molar-refractivity contribution in [3.05, 3.63) is 24.3 Å². The fraction of sp³-hybridized carbons (Fsp3) is 0.650. The van der Waals surface area contributed by atoms with Crippen LogP contribution in [0.2, 0.25) is 0 Å². The molecule has 2 aliphatic rings. The van der Waals surface area contributed by atoms with Gasteiger partial charge in [0.05, 0.1) is 6.61 Å². The normalized spacial score (nSPS) is 19.2. The molecule has 0 atom stereocenters. The lowest BCUT2D eigenvalue weighted by atomic mass is 10.2. The van der Waals surface area contributed by atoms with E-state index >= 15 is 0 Å². The SMILES string of the molecule is CCCOc1ccc(OCC(=O)N2CCN(C3CCCC3)CC2)cc1. The number of nitrogens with zero attached hydrogens (tertiary/aromatic N) is 2. The van der Waals surface area contributed by atoms with Crippen molar-refractivity contribution in [3.63, 3.8) is 0 Å². The summed E-state index contributed by atoms with van der Waals surface area (Å²) in [7, 11) is 0. The second-order valence-electron chi connectivity index (χ2n) is 6.96. The third kappa shape index (κ3) is 5.11. The van der Waals surface area contributed by atoms with Crippen LogP contribution in [0.3, 0.4) is 0 Å². The van der Waals surface area contributed by atoms with Crippen LogP contribution in [-0.4, -0.2) is 61.1 Å². The molecule has 5 nitrogen and oxygen atoms in total. The van der Waals surface area contributed by atoms with Gasteiger partial charge in [0.1, 0.15) is 11.5 Å². The molecule has 5 heteroatoms. The Morgan fingerprint density at radius 2 is 1.60 bits per heavy atom. The van der Waals surface area contributed by atoms with Gasteiger partial charge in [-0.15, -0.1) is 0 Å². The van der Waals surface area contributed by atoms with Crippen molar-refractivity contribution in [2.75, 3.05) is 39.4 Å². The van der Waals surface area contributed by atoms with Gasteiger partial charge in [-0.3, -0.25) is 9.69 Å². The number of piperazine rings is 1. The summed E-state index contributed by atoms with van der Waals surface area (Å²) in [4.78, 5) is 16.9. The highest BCUT2D eigenvalue weighted by atomic mass is 16.5. The lowest BCUT2D eigenvalue weighted by Gasteiger charge is -2.38. The van der Waals surface area contributed by atoms with Gasteiger partial charge >= 0.3 is 0 Å². The molecule has 0 spiro atoms. The van der Waals surface area contributed by atoms with Crippen LogP contribution >= 0.6 is 0 Å². The standard InChI is InChI=1S/C20H30N2O3/c1-2-15-24-18-7-9-19(10-8-18)25-16-20(23)22-13-11-21(12-14-22)17-5-3-4-6-17/h7-10,17H,2-6,11-16H2,1H3. The first kappa shape index (κ1) is 18.1. The van der Waals surface area contributed by atoms with Gasteiger partial charge in [0.15, 0.2) is 6.61 Å². The third-order valence-electron chi connectivity index (χ3n) is 5.17. The molecular formula is C20H30N2O3. The molecule has 1 aliphatic heterocycles. The van der Waals surface area contributed by atoms with Crippen molar-refractivity contribution in [3.8, 4) is 11.5 Å². The minimum absolute atomic E-state index is 0.0809. The van der Waals surface area contributed by atoms with Crippen molar-refractivity contribution >= 4 is 5.91 Å². The number of rotatable bonds is 7. The Morgan fingerprint density at radius 3 is 2.20 bits per heavy atom. The van der Waals surface area contributed by atoms with Crippen LogP contribution in [-0.2, 0) is 4.79 Å². The topological polar surface area (TPSA) is 42.0 Å². The smallest absolute Gasteiger partial charge is 0.260 e. The molecule has 25 heavy (non-hydrogen) atoms. The summed E-state index contributed by atoms with van der Waals surface area (Å²) < 4.78 is 11.2. The largest absolute Gasteiger partial charge is 0.494 e. The Balaban J connectivity index is 1.39. The quantitative estimate of drug-likeness (QED) is 0.761. The first-order valence-electron chi connectivity index (χ1n) is 9.63. The molecule has 1 saturated heterocycles. The van der Waals surface area contributed by atoms with Crippen molar-refractivity contribution < 1.29 is 14.3 Å². The molecule has 1 aromatic carbocycles. The van der Waals surface area contributed by atoms with Crippen molar-refractivity contribution in [1.82, 2.24) is 9.80 Å². The predicted octanol–water partition coefficient (Wildman–Crippen LogP) is 2.94. The van der Waals surface area contributed by atoms with Crippen LogP contribution in [0, 0.1) is 0 Å². The Morgan fingerprint density at radius 1 is 1.00 bits per heavy atom. The zero-order chi connectivity index (χ0) is 17.5. The lowest BCUT2D eigenvalue weighted by molar-refractivity contribution is -0.135. The molecule has 2 fully saturated rings. The van der Waals surface area contributed by atoms with E-state index in [0.717, 1.165) is 44.4 Å². The molecule has 1 aliphatic carbocycles. The zero-order valence-electron chi connectivity index (χ0n) is 15.3. The van der Waals surface area contributed by atoms with Crippen LogP contribution in [0.25, 0.3) is 0 Å². The minimum atomic E-state index is 0.0809. The van der Waals surface area contributed by atoms with E-state index in [-0.39, 0.29) is 12.5 Å². The third-order valence-corrected chi connectivity index (χ3v) is 5.17. The van der Waals surface area contributed by atoms with Gasteiger partial charge in [-0.05, 0) is 43.5 Å². The fourth-order valence-electron chi connectivity index (χ4n) is 3.69. The molecule has 1 amide bonds. The van der Waals surface area contributed by atoms with Crippen LogP contribution in [0.4, 0.5) is 0 Å². The first-order valence-corrected chi connectivity index (χ1v) is 9.63. The highest BCUT2D eigenvalue weighted by molar-refractivity contribution is 5.77. The summed E-state index contributed by atoms with van der Waals surface area (Å²) in [6.07, 6.45) is 6.37. The highest BCUT2D eigenvalue weighted by Crippen LogP contribution is 2.24. The summed E-state index contributed by atoms with van der Waals surface area (Å²) in [5, 5.41) is 0. The van der Waals surface area contributed by atoms with E-state index in [9.17, 15) is 4.79 Å². The summed E-state index contributed by atoms with van der Waals surface area (Å²) in [6, 6.07) is 8.24. The van der Waals surface area contributed by atoms with Crippen LogP contribution in [0.15, 0.2) is 24.3 Å². The number of amides is 1.